The van der Waals surface area contributed by atoms with Gasteiger partial charge in [0.25, 0.3) is 0 Å². The van der Waals surface area contributed by atoms with Crippen LogP contribution in [-0.2, 0) is 0 Å². The third kappa shape index (κ3) is 4.12. The van der Waals surface area contributed by atoms with E-state index in [9.17, 15) is 4.79 Å². The van der Waals surface area contributed by atoms with Crippen molar-refractivity contribution in [1.82, 2.24) is 0 Å². The van der Waals surface area contributed by atoms with Crippen molar-refractivity contribution in [2.75, 3.05) is 18.0 Å². The van der Waals surface area contributed by atoms with Gasteiger partial charge in [-0.1, -0.05) is 17.7 Å². The van der Waals surface area contributed by atoms with Gasteiger partial charge >= 0.3 is 0 Å². The summed E-state index contributed by atoms with van der Waals surface area (Å²) in [5.74, 6) is 0.795. The number of nitrogens with zero attached hydrogens (tertiary/aromatic N) is 2. The summed E-state index contributed by atoms with van der Waals surface area (Å²) >= 11 is 6.06. The molecule has 1 fully saturated rings. The molecule has 0 aliphatic carbocycles. The first-order valence-electron chi connectivity index (χ1n) is 8.26. The molecule has 0 saturated carbocycles. The number of carbonyl (C=O) groups excluding carboxylic acids is 1. The highest BCUT2D eigenvalue weighted by atomic mass is 35.5. The smallest absolute Gasteiger partial charge is 0.205 e. The number of halogens is 1. The van der Waals surface area contributed by atoms with Gasteiger partial charge in [0.15, 0.2) is 5.78 Å². The van der Waals surface area contributed by atoms with Crippen LogP contribution in [0.3, 0.4) is 0 Å². The van der Waals surface area contributed by atoms with Crippen LogP contribution in [0.25, 0.3) is 4.85 Å². The number of hydrogen-bond donors (Lipinski definition) is 0. The lowest BCUT2D eigenvalue weighted by Crippen LogP contribution is -2.38. The van der Waals surface area contributed by atoms with Crippen LogP contribution in [0.1, 0.15) is 30.1 Å². The molecule has 0 spiro atoms. The molecule has 2 aromatic rings. The van der Waals surface area contributed by atoms with E-state index >= 15 is 0 Å². The molecule has 3 rings (SSSR count). The minimum absolute atomic E-state index is 0.0848. The van der Waals surface area contributed by atoms with E-state index < -0.39 is 0 Å². The fraction of sp³-hybridized carbons (Fsp3) is 0.300. The van der Waals surface area contributed by atoms with Gasteiger partial charge in [-0.05, 0) is 43.3 Å². The van der Waals surface area contributed by atoms with E-state index in [4.69, 9.17) is 22.9 Å². The molecule has 0 N–H and O–H groups in total. The minimum Gasteiger partial charge on any atom is -0.490 e. The lowest BCUT2D eigenvalue weighted by molar-refractivity contribution is 0.101. The molecule has 0 radical (unpaired) electrons. The highest BCUT2D eigenvalue weighted by Gasteiger charge is 2.21. The Kier molecular flexibility index (Phi) is 5.25. The molecule has 1 saturated heterocycles. The Labute approximate surface area is 152 Å². The third-order valence-corrected chi connectivity index (χ3v) is 4.73. The summed E-state index contributed by atoms with van der Waals surface area (Å²) in [6.45, 7) is 10.4. The number of hydrogen-bond acceptors (Lipinski definition) is 3. The maximum absolute atomic E-state index is 11.4. The van der Waals surface area contributed by atoms with Crippen molar-refractivity contribution in [3.8, 4) is 5.75 Å². The topological polar surface area (TPSA) is 33.9 Å². The van der Waals surface area contributed by atoms with Gasteiger partial charge in [0, 0.05) is 37.2 Å². The lowest BCUT2D eigenvalue weighted by atomic mass is 10.1. The predicted octanol–water partition coefficient (Wildman–Crippen LogP) is 5.14. The van der Waals surface area contributed by atoms with Gasteiger partial charge in [-0.15, -0.1) is 0 Å². The number of Topliss-reactive ketones (excluding diaryl/α,β-unsaturated/α-hetero) is 1. The summed E-state index contributed by atoms with van der Waals surface area (Å²) in [7, 11) is 0. The molecule has 1 aliphatic rings. The molecule has 128 valence electrons. The largest absolute Gasteiger partial charge is 0.490 e. The fourth-order valence-corrected chi connectivity index (χ4v) is 3.20. The van der Waals surface area contributed by atoms with Crippen molar-refractivity contribution in [3.05, 3.63) is 64.5 Å². The maximum Gasteiger partial charge on any atom is 0.205 e. The molecule has 0 unspecified atom stereocenters. The number of piperidine rings is 1. The summed E-state index contributed by atoms with van der Waals surface area (Å²) in [6, 6.07) is 13.0. The summed E-state index contributed by atoms with van der Waals surface area (Å²) in [5.41, 5.74) is 2.31. The second-order valence-corrected chi connectivity index (χ2v) is 6.54. The molecule has 0 bridgehead atoms. The molecule has 25 heavy (non-hydrogen) atoms. The molecular formula is C20H19ClN2O2. The molecule has 5 heteroatoms. The lowest BCUT2D eigenvalue weighted by Gasteiger charge is -2.33. The Morgan fingerprint density at radius 3 is 2.44 bits per heavy atom. The van der Waals surface area contributed by atoms with Crippen molar-refractivity contribution >= 4 is 28.8 Å². The van der Waals surface area contributed by atoms with Crippen molar-refractivity contribution < 1.29 is 9.53 Å². The minimum atomic E-state index is 0.0848. The molecular weight excluding hydrogens is 336 g/mol. The van der Waals surface area contributed by atoms with Crippen LogP contribution in [0.15, 0.2) is 42.5 Å². The molecule has 1 heterocycles. The maximum atomic E-state index is 11.4. The highest BCUT2D eigenvalue weighted by Crippen LogP contribution is 2.31. The van der Waals surface area contributed by atoms with Crippen molar-refractivity contribution in [1.29, 1.82) is 0 Å². The van der Waals surface area contributed by atoms with Gasteiger partial charge in [-0.3, -0.25) is 4.79 Å². The van der Waals surface area contributed by atoms with Crippen molar-refractivity contribution in [2.24, 2.45) is 0 Å². The first kappa shape index (κ1) is 17.3. The number of rotatable bonds is 4. The second-order valence-electron chi connectivity index (χ2n) is 6.13. The summed E-state index contributed by atoms with van der Waals surface area (Å²) in [5, 5.41) is 0.426. The van der Waals surface area contributed by atoms with E-state index in [1.54, 1.807) is 25.1 Å². The zero-order chi connectivity index (χ0) is 17.8. The van der Waals surface area contributed by atoms with Crippen LogP contribution < -0.4 is 9.64 Å². The van der Waals surface area contributed by atoms with Gasteiger partial charge in [-0.25, -0.2) is 4.85 Å². The number of ether oxygens (including phenoxy) is 1. The van der Waals surface area contributed by atoms with E-state index in [1.165, 1.54) is 0 Å². The first-order chi connectivity index (χ1) is 12.1. The van der Waals surface area contributed by atoms with Gasteiger partial charge < -0.3 is 9.64 Å². The molecule has 0 aromatic heterocycles. The quantitative estimate of drug-likeness (QED) is 0.563. The van der Waals surface area contributed by atoms with Crippen molar-refractivity contribution in [3.63, 3.8) is 0 Å². The average Bonchev–Trinajstić information content (AvgIpc) is 2.63. The Bertz CT molecular complexity index is 803. The SMILES string of the molecule is [C-]#[N+]c1ccc(OC2CCN(c3ccc(C(C)=O)cc3)CC2)cc1Cl. The van der Waals surface area contributed by atoms with Gasteiger partial charge in [0.1, 0.15) is 11.9 Å². The van der Waals surface area contributed by atoms with Crippen LogP contribution in [0, 0.1) is 6.57 Å². The predicted molar refractivity (Wildman–Crippen MR) is 100 cm³/mol. The fourth-order valence-electron chi connectivity index (χ4n) is 2.98. The first-order valence-corrected chi connectivity index (χ1v) is 8.64. The zero-order valence-corrected chi connectivity index (χ0v) is 14.8. The van der Waals surface area contributed by atoms with Crippen LogP contribution in [-0.4, -0.2) is 25.0 Å². The summed E-state index contributed by atoms with van der Waals surface area (Å²) in [6.07, 6.45) is 1.97. The van der Waals surface area contributed by atoms with Crippen molar-refractivity contribution in [2.45, 2.75) is 25.9 Å². The number of benzene rings is 2. The Balaban J connectivity index is 1.57. The number of ketones is 1. The van der Waals surface area contributed by atoms with Crippen LogP contribution in [0.4, 0.5) is 11.4 Å². The van der Waals surface area contributed by atoms with Gasteiger partial charge in [-0.2, -0.15) is 0 Å². The van der Waals surface area contributed by atoms with Crippen LogP contribution in [0.5, 0.6) is 5.75 Å². The van der Waals surface area contributed by atoms with Crippen LogP contribution >= 0.6 is 11.6 Å². The molecule has 0 amide bonds. The monoisotopic (exact) mass is 354 g/mol. The Hall–Kier alpha value is -2.51. The van der Waals surface area contributed by atoms with E-state index in [2.05, 4.69) is 9.74 Å². The van der Waals surface area contributed by atoms with E-state index in [0.29, 0.717) is 16.5 Å². The normalized spacial score (nSPS) is 14.8. The van der Waals surface area contributed by atoms with E-state index in [1.807, 2.05) is 24.3 Å². The van der Waals surface area contributed by atoms with E-state index in [0.717, 1.165) is 37.2 Å². The summed E-state index contributed by atoms with van der Waals surface area (Å²) in [4.78, 5) is 17.0. The van der Waals surface area contributed by atoms with Gasteiger partial charge in [0.05, 0.1) is 11.6 Å². The van der Waals surface area contributed by atoms with E-state index in [-0.39, 0.29) is 11.9 Å². The summed E-state index contributed by atoms with van der Waals surface area (Å²) < 4.78 is 6.01. The third-order valence-electron chi connectivity index (χ3n) is 4.42. The number of anilines is 1. The molecule has 1 aliphatic heterocycles. The van der Waals surface area contributed by atoms with Crippen LogP contribution in [0.2, 0.25) is 5.02 Å². The van der Waals surface area contributed by atoms with Gasteiger partial charge in [0.2, 0.25) is 5.69 Å². The average molecular weight is 355 g/mol. The second kappa shape index (κ2) is 7.58. The zero-order valence-electron chi connectivity index (χ0n) is 14.0. The standard InChI is InChI=1S/C20H19ClN2O2/c1-14(24)15-3-5-16(6-4-15)23-11-9-17(10-12-23)25-18-7-8-20(22-2)19(21)13-18/h3-8,13,17H,9-12H2,1H3. The number of carbonyl (C=O) groups is 1. The Morgan fingerprint density at radius 1 is 1.20 bits per heavy atom. The molecule has 4 nitrogen and oxygen atoms in total. The molecule has 0 atom stereocenters. The highest BCUT2D eigenvalue weighted by molar-refractivity contribution is 6.33. The Morgan fingerprint density at radius 2 is 1.88 bits per heavy atom. The molecule has 2 aromatic carbocycles.